The summed E-state index contributed by atoms with van der Waals surface area (Å²) in [5.41, 5.74) is 4.71. The lowest BCUT2D eigenvalue weighted by molar-refractivity contribution is -0.134. The number of fused-ring (bicyclic) bond motifs is 3. The van der Waals surface area contributed by atoms with Gasteiger partial charge in [-0.3, -0.25) is 5.32 Å². The van der Waals surface area contributed by atoms with Gasteiger partial charge in [0, 0.05) is 41.4 Å². The van der Waals surface area contributed by atoms with Crippen LogP contribution >= 0.6 is 0 Å². The van der Waals surface area contributed by atoms with Crippen LogP contribution in [0.3, 0.4) is 0 Å². The van der Waals surface area contributed by atoms with Crippen molar-refractivity contribution in [3.05, 3.63) is 72.8 Å². The number of carboxylic acid groups (broad SMARTS) is 2. The van der Waals surface area contributed by atoms with E-state index in [0.717, 1.165) is 28.7 Å². The van der Waals surface area contributed by atoms with Crippen LogP contribution in [0, 0.1) is 0 Å². The Kier molecular flexibility index (Phi) is 10.4. The maximum absolute atomic E-state index is 11.9. The molecule has 9 nitrogen and oxygen atoms in total. The van der Waals surface area contributed by atoms with E-state index < -0.39 is 18.0 Å². The van der Waals surface area contributed by atoms with Crippen LogP contribution < -0.4 is 10.6 Å². The maximum atomic E-state index is 11.9. The number of para-hydroxylation sites is 1. The second kappa shape index (κ2) is 13.5. The van der Waals surface area contributed by atoms with Crippen LogP contribution in [0.1, 0.15) is 25.8 Å². The molecule has 184 valence electrons. The summed E-state index contributed by atoms with van der Waals surface area (Å²) in [7, 11) is 0. The number of carbonyl (C=O) groups excluding carboxylic acids is 1. The summed E-state index contributed by atoms with van der Waals surface area (Å²) < 4.78 is 5.11. The quantitative estimate of drug-likeness (QED) is 0.197. The van der Waals surface area contributed by atoms with Crippen molar-refractivity contribution in [1.29, 1.82) is 0 Å². The topological polar surface area (TPSA) is 138 Å². The summed E-state index contributed by atoms with van der Waals surface area (Å²) in [6, 6.07) is 14.3. The van der Waals surface area contributed by atoms with Gasteiger partial charge in [-0.05, 0) is 24.1 Å². The Morgan fingerprint density at radius 3 is 2.40 bits per heavy atom. The highest BCUT2D eigenvalue weighted by atomic mass is 16.5. The van der Waals surface area contributed by atoms with E-state index in [2.05, 4.69) is 49.3 Å². The lowest BCUT2D eigenvalue weighted by atomic mass is 10.1. The summed E-state index contributed by atoms with van der Waals surface area (Å²) in [6.45, 7) is 8.95. The van der Waals surface area contributed by atoms with Crippen LogP contribution in [0.2, 0.25) is 0 Å². The van der Waals surface area contributed by atoms with Gasteiger partial charge in [0.25, 0.3) is 0 Å². The predicted octanol–water partition coefficient (Wildman–Crippen LogP) is 4.67. The van der Waals surface area contributed by atoms with Gasteiger partial charge >= 0.3 is 18.0 Å². The van der Waals surface area contributed by atoms with Crippen molar-refractivity contribution in [2.75, 3.05) is 11.9 Å². The number of nitrogens with one attached hydrogen (secondary N) is 2. The van der Waals surface area contributed by atoms with Gasteiger partial charge in [0.1, 0.15) is 0 Å². The Morgan fingerprint density at radius 2 is 1.77 bits per heavy atom. The molecule has 0 bridgehead atoms. The zero-order valence-corrected chi connectivity index (χ0v) is 19.7. The second-order valence-electron chi connectivity index (χ2n) is 7.73. The van der Waals surface area contributed by atoms with E-state index in [1.165, 1.54) is 5.56 Å². The summed E-state index contributed by atoms with van der Waals surface area (Å²) in [5.74, 6) is -2.51. The van der Waals surface area contributed by atoms with Gasteiger partial charge in [0.05, 0.1) is 17.8 Å². The molecule has 35 heavy (non-hydrogen) atoms. The first-order valence-corrected chi connectivity index (χ1v) is 10.9. The van der Waals surface area contributed by atoms with E-state index in [0.29, 0.717) is 36.9 Å². The number of carbonyl (C=O) groups is 3. The Labute approximate surface area is 203 Å². The molecule has 0 spiro atoms. The molecule has 0 saturated heterocycles. The molecule has 1 aromatic rings. The van der Waals surface area contributed by atoms with E-state index in [1.807, 2.05) is 24.3 Å². The lowest BCUT2D eigenvalue weighted by Crippen LogP contribution is -2.21. The Morgan fingerprint density at radius 1 is 1.09 bits per heavy atom. The normalized spacial score (nSPS) is 10.7. The first-order chi connectivity index (χ1) is 16.7. The standard InChI is InChI=1S/C22H25N3O2.C4H4O4/c1-4-5-12-27-22(26)24-17-9-7-10-18-19-11-6-8-16(14-23-15(2)3)21(19)25-20(18)13-17;5-3(6)1-2-4(7)8/h4,6-11,13,15,23H,1,5,12,14H2,2-3H3,(H,24,26);1-2H,(H,5,6)(H,7,8). The molecule has 1 aliphatic heterocycles. The van der Waals surface area contributed by atoms with Crippen molar-refractivity contribution in [2.45, 2.75) is 32.9 Å². The van der Waals surface area contributed by atoms with Crippen LogP contribution in [-0.4, -0.2) is 45.9 Å². The highest BCUT2D eigenvalue weighted by Gasteiger charge is 2.14. The summed E-state index contributed by atoms with van der Waals surface area (Å²) in [4.78, 5) is 35.8. The minimum Gasteiger partial charge on any atom is -0.478 e. The fourth-order valence-electron chi connectivity index (χ4n) is 3.05. The number of carboxylic acids is 2. The van der Waals surface area contributed by atoms with Crippen molar-refractivity contribution >= 4 is 34.6 Å². The van der Waals surface area contributed by atoms with Crippen LogP contribution in [-0.2, 0) is 20.9 Å². The first-order valence-electron chi connectivity index (χ1n) is 10.9. The lowest BCUT2D eigenvalue weighted by Gasteiger charge is -2.08. The van der Waals surface area contributed by atoms with E-state index in [-0.39, 0.29) is 0 Å². The number of hydrogen-bond acceptors (Lipinski definition) is 6. The van der Waals surface area contributed by atoms with Gasteiger partial charge in [0.2, 0.25) is 0 Å². The van der Waals surface area contributed by atoms with Crippen molar-refractivity contribution < 1.29 is 29.3 Å². The molecule has 0 radical (unpaired) electrons. The molecule has 1 amide bonds. The number of aromatic nitrogens is 1. The molecule has 2 aliphatic rings. The summed E-state index contributed by atoms with van der Waals surface area (Å²) >= 11 is 0. The SMILES string of the molecule is C=CCCOC(=O)Nc1cccc2c3cccc(CNC(C)C)c3nc-2c1.O=C(O)C=CC(=O)O. The van der Waals surface area contributed by atoms with Crippen LogP contribution in [0.15, 0.2) is 67.3 Å². The molecule has 1 aromatic carbocycles. The predicted molar refractivity (Wildman–Crippen MR) is 135 cm³/mol. The van der Waals surface area contributed by atoms with Gasteiger partial charge in [-0.1, -0.05) is 50.3 Å². The van der Waals surface area contributed by atoms with Gasteiger partial charge < -0.3 is 20.3 Å². The fourth-order valence-corrected chi connectivity index (χ4v) is 3.05. The highest BCUT2D eigenvalue weighted by Crippen LogP contribution is 2.33. The van der Waals surface area contributed by atoms with Gasteiger partial charge in [-0.15, -0.1) is 6.58 Å². The van der Waals surface area contributed by atoms with E-state index in [9.17, 15) is 14.4 Å². The minimum atomic E-state index is -1.26. The first kappa shape index (κ1) is 27.0. The van der Waals surface area contributed by atoms with Crippen molar-refractivity contribution in [2.24, 2.45) is 0 Å². The Bertz CT molecular complexity index is 1170. The molecule has 3 rings (SSSR count). The third kappa shape index (κ3) is 8.90. The van der Waals surface area contributed by atoms with Crippen molar-refractivity contribution in [1.82, 2.24) is 10.3 Å². The van der Waals surface area contributed by atoms with Crippen molar-refractivity contribution in [3.63, 3.8) is 0 Å². The molecule has 9 heteroatoms. The zero-order valence-electron chi connectivity index (χ0n) is 19.7. The van der Waals surface area contributed by atoms with Crippen molar-refractivity contribution in [3.8, 4) is 11.3 Å². The monoisotopic (exact) mass is 479 g/mol. The smallest absolute Gasteiger partial charge is 0.411 e. The van der Waals surface area contributed by atoms with E-state index >= 15 is 0 Å². The van der Waals surface area contributed by atoms with E-state index in [1.54, 1.807) is 6.08 Å². The summed E-state index contributed by atoms with van der Waals surface area (Å²) in [6.07, 6.45) is 2.98. The molecule has 1 heterocycles. The van der Waals surface area contributed by atoms with Gasteiger partial charge in [0.15, 0.2) is 0 Å². The number of ether oxygens (including phenoxy) is 1. The largest absolute Gasteiger partial charge is 0.478 e. The Balaban J connectivity index is 0.000000466. The van der Waals surface area contributed by atoms with Gasteiger partial charge in [-0.2, -0.15) is 0 Å². The van der Waals surface area contributed by atoms with E-state index in [4.69, 9.17) is 19.9 Å². The average molecular weight is 480 g/mol. The second-order valence-corrected chi connectivity index (χ2v) is 7.73. The average Bonchev–Trinajstić information content (AvgIpc) is 3.02. The molecule has 0 atom stereocenters. The molecular formula is C26H29N3O6. The number of anilines is 1. The third-order valence-corrected chi connectivity index (χ3v) is 4.62. The molecule has 4 N–H and O–H groups in total. The zero-order chi connectivity index (χ0) is 25.8. The van der Waals surface area contributed by atoms with Crippen LogP contribution in [0.25, 0.3) is 22.2 Å². The fraction of sp³-hybridized carbons (Fsp3) is 0.231. The number of rotatable bonds is 9. The number of amides is 1. The number of aliphatic carboxylic acids is 2. The minimum absolute atomic E-state index is 0.314. The number of hydrogen-bond donors (Lipinski definition) is 4. The maximum Gasteiger partial charge on any atom is 0.411 e. The molecule has 1 aliphatic carbocycles. The molecule has 0 unspecified atom stereocenters. The molecular weight excluding hydrogens is 450 g/mol. The molecule has 0 fully saturated rings. The Hall–Kier alpha value is -4.24. The van der Waals surface area contributed by atoms with Crippen LogP contribution in [0.5, 0.6) is 0 Å². The molecule has 0 aromatic heterocycles. The number of nitrogens with zero attached hydrogens (tertiary/aromatic N) is 1. The van der Waals surface area contributed by atoms with Crippen LogP contribution in [0.4, 0.5) is 10.5 Å². The summed E-state index contributed by atoms with van der Waals surface area (Å²) in [5, 5.41) is 22.9. The van der Waals surface area contributed by atoms with Gasteiger partial charge in [-0.25, -0.2) is 19.4 Å². The third-order valence-electron chi connectivity index (χ3n) is 4.62. The highest BCUT2D eigenvalue weighted by molar-refractivity contribution is 5.99. The number of benzene rings is 1. The molecule has 0 saturated carbocycles.